The van der Waals surface area contributed by atoms with Crippen LogP contribution in [0.25, 0.3) is 0 Å². The first-order valence-electron chi connectivity index (χ1n) is 8.93. The Morgan fingerprint density at radius 1 is 1.18 bits per heavy atom. The van der Waals surface area contributed by atoms with Crippen molar-refractivity contribution in [3.8, 4) is 0 Å². The predicted molar refractivity (Wildman–Crippen MR) is 94.6 cm³/mol. The van der Waals surface area contributed by atoms with E-state index in [4.69, 9.17) is 5.11 Å². The number of carbonyl (C=O) groups is 4. The van der Waals surface area contributed by atoms with Crippen LogP contribution in [-0.2, 0) is 25.6 Å². The number of rotatable bonds is 9. The van der Waals surface area contributed by atoms with Gasteiger partial charge >= 0.3 is 5.97 Å². The van der Waals surface area contributed by atoms with E-state index >= 15 is 0 Å². The van der Waals surface area contributed by atoms with E-state index in [0.29, 0.717) is 12.0 Å². The standard InChI is InChI=1S/C19H22F2N2O5/c20-18(21)13(10-17(26)23-8-4-7-14(23)19(27)28)15(24)11-22-16(25)9-12-5-2-1-3-6-12/h1-3,5-6,13-14,18H,4,7-11H2,(H,22,25)(H,27,28)/t13?,14-/m0/s1. The average molecular weight is 396 g/mol. The lowest BCUT2D eigenvalue weighted by molar-refractivity contribution is -0.149. The summed E-state index contributed by atoms with van der Waals surface area (Å²) in [4.78, 5) is 48.4. The summed E-state index contributed by atoms with van der Waals surface area (Å²) in [5, 5.41) is 11.4. The summed E-state index contributed by atoms with van der Waals surface area (Å²) in [6.07, 6.45) is -3.15. The fourth-order valence-corrected chi connectivity index (χ4v) is 3.13. The van der Waals surface area contributed by atoms with E-state index in [0.717, 1.165) is 4.90 Å². The lowest BCUT2D eigenvalue weighted by Gasteiger charge is -2.24. The number of nitrogens with one attached hydrogen (secondary N) is 1. The number of aliphatic carboxylic acids is 1. The minimum Gasteiger partial charge on any atom is -0.480 e. The molecule has 2 rings (SSSR count). The topological polar surface area (TPSA) is 104 Å². The Bertz CT molecular complexity index is 726. The number of likely N-dealkylation sites (tertiary alicyclic amines) is 1. The third-order valence-electron chi connectivity index (χ3n) is 4.64. The van der Waals surface area contributed by atoms with Crippen LogP contribution in [0.1, 0.15) is 24.8 Å². The van der Waals surface area contributed by atoms with Crippen LogP contribution in [0.5, 0.6) is 0 Å². The second-order valence-corrected chi connectivity index (χ2v) is 6.63. The minimum absolute atomic E-state index is 0.000461. The molecule has 1 aromatic rings. The van der Waals surface area contributed by atoms with Crippen LogP contribution in [0, 0.1) is 5.92 Å². The molecule has 2 amide bonds. The van der Waals surface area contributed by atoms with Gasteiger partial charge in [-0.15, -0.1) is 0 Å². The largest absolute Gasteiger partial charge is 0.480 e. The van der Waals surface area contributed by atoms with Gasteiger partial charge in [-0.25, -0.2) is 13.6 Å². The molecule has 7 nitrogen and oxygen atoms in total. The highest BCUT2D eigenvalue weighted by atomic mass is 19.3. The van der Waals surface area contributed by atoms with Crippen LogP contribution in [0.2, 0.25) is 0 Å². The number of Topliss-reactive ketones (excluding diaryl/α,β-unsaturated/α-hetero) is 1. The fourth-order valence-electron chi connectivity index (χ4n) is 3.13. The summed E-state index contributed by atoms with van der Waals surface area (Å²) < 4.78 is 26.6. The Kier molecular flexibility index (Phi) is 7.60. The number of hydrogen-bond acceptors (Lipinski definition) is 4. The molecule has 1 unspecified atom stereocenters. The van der Waals surface area contributed by atoms with Crippen molar-refractivity contribution in [1.29, 1.82) is 0 Å². The molecule has 28 heavy (non-hydrogen) atoms. The molecule has 2 atom stereocenters. The summed E-state index contributed by atoms with van der Waals surface area (Å²) in [6, 6.07) is 7.66. The van der Waals surface area contributed by atoms with Gasteiger partial charge in [-0.1, -0.05) is 30.3 Å². The van der Waals surface area contributed by atoms with Crippen LogP contribution >= 0.6 is 0 Å². The maximum atomic E-state index is 13.3. The quantitative estimate of drug-likeness (QED) is 0.654. The fraction of sp³-hybridized carbons (Fsp3) is 0.474. The van der Waals surface area contributed by atoms with Crippen LogP contribution in [0.4, 0.5) is 8.78 Å². The van der Waals surface area contributed by atoms with Crippen LogP contribution < -0.4 is 5.32 Å². The first kappa shape index (κ1) is 21.5. The van der Waals surface area contributed by atoms with E-state index in [-0.39, 0.29) is 19.4 Å². The molecule has 0 spiro atoms. The SMILES string of the molecule is O=C(Cc1ccccc1)NCC(=O)C(CC(=O)N1CCC[C@H]1C(=O)O)C(F)F. The lowest BCUT2D eigenvalue weighted by Crippen LogP contribution is -2.43. The highest BCUT2D eigenvalue weighted by molar-refractivity contribution is 5.92. The summed E-state index contributed by atoms with van der Waals surface area (Å²) in [7, 11) is 0. The number of carbonyl (C=O) groups excluding carboxylic acids is 3. The van der Waals surface area contributed by atoms with E-state index in [2.05, 4.69) is 5.32 Å². The van der Waals surface area contributed by atoms with Crippen molar-refractivity contribution in [2.75, 3.05) is 13.1 Å². The molecule has 0 saturated carbocycles. The van der Waals surface area contributed by atoms with Gasteiger partial charge in [-0.3, -0.25) is 14.4 Å². The molecular formula is C19H22F2N2O5. The summed E-state index contributed by atoms with van der Waals surface area (Å²) in [6.45, 7) is -0.454. The molecule has 0 aromatic heterocycles. The Morgan fingerprint density at radius 2 is 1.86 bits per heavy atom. The number of nitrogens with zero attached hydrogens (tertiary/aromatic N) is 1. The van der Waals surface area contributed by atoms with Gasteiger partial charge in [0, 0.05) is 13.0 Å². The smallest absolute Gasteiger partial charge is 0.326 e. The summed E-state index contributed by atoms with van der Waals surface area (Å²) >= 11 is 0. The van der Waals surface area contributed by atoms with E-state index in [1.807, 2.05) is 0 Å². The number of hydrogen-bond donors (Lipinski definition) is 2. The molecule has 1 aromatic carbocycles. The van der Waals surface area contributed by atoms with Crippen molar-refractivity contribution in [2.45, 2.75) is 38.2 Å². The maximum absolute atomic E-state index is 13.3. The predicted octanol–water partition coefficient (Wildman–Crippen LogP) is 1.26. The van der Waals surface area contributed by atoms with E-state index in [9.17, 15) is 28.0 Å². The van der Waals surface area contributed by atoms with Gasteiger partial charge in [0.05, 0.1) is 18.9 Å². The molecular weight excluding hydrogens is 374 g/mol. The number of halogens is 2. The van der Waals surface area contributed by atoms with Gasteiger partial charge in [0.25, 0.3) is 0 Å². The molecule has 9 heteroatoms. The zero-order valence-corrected chi connectivity index (χ0v) is 15.1. The molecule has 0 radical (unpaired) electrons. The van der Waals surface area contributed by atoms with Crippen molar-refractivity contribution in [2.24, 2.45) is 5.92 Å². The number of carboxylic acids is 1. The Hall–Kier alpha value is -2.84. The highest BCUT2D eigenvalue weighted by Crippen LogP contribution is 2.22. The molecule has 2 N–H and O–H groups in total. The van der Waals surface area contributed by atoms with Gasteiger partial charge in [0.2, 0.25) is 18.2 Å². The Morgan fingerprint density at radius 3 is 2.46 bits per heavy atom. The van der Waals surface area contributed by atoms with Crippen molar-refractivity contribution in [3.05, 3.63) is 35.9 Å². The van der Waals surface area contributed by atoms with Crippen LogP contribution in [0.3, 0.4) is 0 Å². The Balaban J connectivity index is 1.90. The lowest BCUT2D eigenvalue weighted by atomic mass is 9.99. The van der Waals surface area contributed by atoms with Gasteiger partial charge < -0.3 is 15.3 Å². The second-order valence-electron chi connectivity index (χ2n) is 6.63. The number of ketones is 1. The number of carboxylic acid groups (broad SMARTS) is 1. The Labute approximate surface area is 160 Å². The van der Waals surface area contributed by atoms with Crippen molar-refractivity contribution in [1.82, 2.24) is 10.2 Å². The molecule has 0 aliphatic carbocycles. The summed E-state index contributed by atoms with van der Waals surface area (Å²) in [5.41, 5.74) is 0.710. The highest BCUT2D eigenvalue weighted by Gasteiger charge is 2.38. The van der Waals surface area contributed by atoms with Gasteiger partial charge in [-0.2, -0.15) is 0 Å². The van der Waals surface area contributed by atoms with Crippen LogP contribution in [-0.4, -0.2) is 59.1 Å². The number of amides is 2. The summed E-state index contributed by atoms with van der Waals surface area (Å²) in [5.74, 6) is -5.34. The molecule has 1 fully saturated rings. The third-order valence-corrected chi connectivity index (χ3v) is 4.64. The van der Waals surface area contributed by atoms with Crippen molar-refractivity contribution < 1.29 is 33.1 Å². The number of alkyl halides is 2. The van der Waals surface area contributed by atoms with E-state index in [1.165, 1.54) is 0 Å². The second kappa shape index (κ2) is 9.91. The van der Waals surface area contributed by atoms with Crippen LogP contribution in [0.15, 0.2) is 30.3 Å². The van der Waals surface area contributed by atoms with Gasteiger partial charge in [0.1, 0.15) is 6.04 Å². The number of benzene rings is 1. The normalized spacial score (nSPS) is 17.4. The molecule has 1 aliphatic rings. The molecule has 1 aliphatic heterocycles. The first-order valence-corrected chi connectivity index (χ1v) is 8.93. The molecule has 152 valence electrons. The molecule has 1 heterocycles. The zero-order chi connectivity index (χ0) is 20.7. The van der Waals surface area contributed by atoms with E-state index in [1.54, 1.807) is 30.3 Å². The zero-order valence-electron chi connectivity index (χ0n) is 15.1. The van der Waals surface area contributed by atoms with Gasteiger partial charge in [0.15, 0.2) is 5.78 Å². The van der Waals surface area contributed by atoms with Crippen molar-refractivity contribution in [3.63, 3.8) is 0 Å². The van der Waals surface area contributed by atoms with Crippen molar-refractivity contribution >= 4 is 23.6 Å². The minimum atomic E-state index is -3.09. The average Bonchev–Trinajstić information content (AvgIpc) is 3.15. The van der Waals surface area contributed by atoms with E-state index < -0.39 is 54.9 Å². The maximum Gasteiger partial charge on any atom is 0.326 e. The molecule has 1 saturated heterocycles. The monoisotopic (exact) mass is 396 g/mol. The molecule has 0 bridgehead atoms. The first-order chi connectivity index (χ1) is 13.3. The third kappa shape index (κ3) is 5.83. The van der Waals surface area contributed by atoms with Gasteiger partial charge in [-0.05, 0) is 18.4 Å².